The number of rotatable bonds is 6. The van der Waals surface area contributed by atoms with Crippen molar-refractivity contribution in [1.82, 2.24) is 5.32 Å². The molecule has 2 fully saturated rings. The zero-order valence-corrected chi connectivity index (χ0v) is 20.8. The Balaban J connectivity index is 1.91. The quantitative estimate of drug-likeness (QED) is 0.377. The second-order valence-electron chi connectivity index (χ2n) is 10.0. The molecule has 2 saturated carbocycles. The summed E-state index contributed by atoms with van der Waals surface area (Å²) in [6, 6.07) is -1.00. The van der Waals surface area contributed by atoms with Gasteiger partial charge in [0.25, 0.3) is 0 Å². The average Bonchev–Trinajstić information content (AvgIpc) is 2.77. The minimum Gasteiger partial charge on any atom is -0.379 e. The lowest BCUT2D eigenvalue weighted by Gasteiger charge is -2.45. The highest BCUT2D eigenvalue weighted by molar-refractivity contribution is 7.89. The maximum atomic E-state index is 14.1. The highest BCUT2D eigenvalue weighted by Crippen LogP contribution is 2.50. The Morgan fingerprint density at radius 1 is 0.973 bits per heavy atom. The van der Waals surface area contributed by atoms with E-state index in [9.17, 15) is 43.9 Å². The van der Waals surface area contributed by atoms with Crippen LogP contribution < -0.4 is 10.5 Å². The summed E-state index contributed by atoms with van der Waals surface area (Å²) in [5.41, 5.74) is 0. The molecule has 7 nitrogen and oxygen atoms in total. The Bertz CT molecular complexity index is 943. The van der Waals surface area contributed by atoms with Gasteiger partial charge in [-0.25, -0.2) is 17.9 Å². The fourth-order valence-electron chi connectivity index (χ4n) is 5.53. The molecular formula is C22H31F7N2O5S. The Morgan fingerprint density at radius 3 is 2.22 bits per heavy atom. The summed E-state index contributed by atoms with van der Waals surface area (Å²) < 4.78 is 132. The van der Waals surface area contributed by atoms with E-state index in [0.29, 0.717) is 0 Å². The van der Waals surface area contributed by atoms with Gasteiger partial charge in [0, 0.05) is 19.6 Å². The van der Waals surface area contributed by atoms with E-state index in [4.69, 9.17) is 14.6 Å². The molecule has 3 rings (SSSR count). The lowest BCUT2D eigenvalue weighted by Crippen LogP contribution is -2.56. The van der Waals surface area contributed by atoms with E-state index >= 15 is 0 Å². The van der Waals surface area contributed by atoms with Crippen LogP contribution in [-0.2, 0) is 24.3 Å². The monoisotopic (exact) mass is 568 g/mol. The van der Waals surface area contributed by atoms with Crippen molar-refractivity contribution >= 4 is 15.9 Å². The smallest absolute Gasteiger partial charge is 0.379 e. The molecule has 3 N–H and O–H groups in total. The lowest BCUT2D eigenvalue weighted by atomic mass is 9.70. The zero-order valence-electron chi connectivity index (χ0n) is 20.0. The number of halogens is 7. The molecule has 0 spiro atoms. The number of ether oxygens (including phenoxy) is 2. The summed E-state index contributed by atoms with van der Waals surface area (Å²) >= 11 is 0. The number of methoxy groups -OCH3 is 1. The number of nitrogens with one attached hydrogen (secondary N) is 1. The van der Waals surface area contributed by atoms with Crippen LogP contribution in [0, 0.1) is 17.8 Å². The molecule has 0 aliphatic heterocycles. The van der Waals surface area contributed by atoms with Gasteiger partial charge in [0.1, 0.15) is 6.17 Å². The lowest BCUT2D eigenvalue weighted by molar-refractivity contribution is -0.259. The first-order chi connectivity index (χ1) is 17.0. The number of allylic oxidation sites excluding steroid dienone is 1. The van der Waals surface area contributed by atoms with Crippen molar-refractivity contribution in [3.63, 3.8) is 0 Å². The van der Waals surface area contributed by atoms with Crippen molar-refractivity contribution < 1.29 is 53.4 Å². The third-order valence-electron chi connectivity index (χ3n) is 7.47. The predicted octanol–water partition coefficient (Wildman–Crippen LogP) is 3.54. The van der Waals surface area contributed by atoms with Crippen LogP contribution in [0.25, 0.3) is 0 Å². The molecule has 1 amide bonds. The van der Waals surface area contributed by atoms with E-state index in [0.717, 1.165) is 0 Å². The number of primary sulfonamides is 1. The van der Waals surface area contributed by atoms with Gasteiger partial charge < -0.3 is 14.8 Å². The normalized spacial score (nSPS) is 37.8. The van der Waals surface area contributed by atoms with Gasteiger partial charge in [0.2, 0.25) is 15.9 Å². The number of hydrogen-bond acceptors (Lipinski definition) is 5. The first-order valence-electron chi connectivity index (χ1n) is 11.9. The number of carbonyl (C=O) groups is 1. The molecule has 0 radical (unpaired) electrons. The number of amides is 1. The van der Waals surface area contributed by atoms with Crippen LogP contribution in [0.15, 0.2) is 12.2 Å². The Labute approximate surface area is 210 Å². The average molecular weight is 569 g/mol. The van der Waals surface area contributed by atoms with Gasteiger partial charge in [0.15, 0.2) is 0 Å². The van der Waals surface area contributed by atoms with Gasteiger partial charge >= 0.3 is 12.4 Å². The summed E-state index contributed by atoms with van der Waals surface area (Å²) in [5, 5.41) is 6.40. The predicted molar refractivity (Wildman–Crippen MR) is 117 cm³/mol. The molecule has 3 aliphatic rings. The molecule has 0 aromatic rings. The molecule has 9 atom stereocenters. The van der Waals surface area contributed by atoms with Gasteiger partial charge in [0.05, 0.1) is 41.3 Å². The molecule has 9 unspecified atom stereocenters. The summed E-state index contributed by atoms with van der Waals surface area (Å²) in [5.74, 6) is -8.37. The molecule has 37 heavy (non-hydrogen) atoms. The van der Waals surface area contributed by atoms with Crippen molar-refractivity contribution in [2.75, 3.05) is 7.11 Å². The molecule has 214 valence electrons. The van der Waals surface area contributed by atoms with Crippen molar-refractivity contribution in [2.45, 2.75) is 93.1 Å². The molecule has 0 aromatic heterocycles. The maximum Gasteiger partial charge on any atom is 0.392 e. The molecule has 3 aliphatic carbocycles. The van der Waals surface area contributed by atoms with E-state index < -0.39 is 94.7 Å². The highest BCUT2D eigenvalue weighted by Gasteiger charge is 2.59. The van der Waals surface area contributed by atoms with E-state index in [1.165, 1.54) is 19.3 Å². The number of alkyl halides is 7. The standard InChI is InChI=1S/C22H31F7N2O5S/c1-35-16-6-5-12(23)9-17(16)36-18-8-11(21(24,25)26)7-15(22(27,28)29)19(18)20(32)31-13-3-2-4-14(10-13)37(30,33)34/h2-3,11-19H,4-10H2,1H3,(H,31,32)(H2,30,33,34). The minimum atomic E-state index is -5.17. The molecule has 0 bridgehead atoms. The van der Waals surface area contributed by atoms with E-state index in [2.05, 4.69) is 5.32 Å². The van der Waals surface area contributed by atoms with E-state index in [-0.39, 0.29) is 32.1 Å². The minimum absolute atomic E-state index is 0.0449. The summed E-state index contributed by atoms with van der Waals surface area (Å²) in [4.78, 5) is 13.2. The van der Waals surface area contributed by atoms with Crippen LogP contribution in [0.3, 0.4) is 0 Å². The van der Waals surface area contributed by atoms with Gasteiger partial charge in [-0.2, -0.15) is 26.3 Å². The summed E-state index contributed by atoms with van der Waals surface area (Å²) in [6.45, 7) is 0. The summed E-state index contributed by atoms with van der Waals surface area (Å²) in [7, 11) is -2.73. The molecule has 15 heteroatoms. The fourth-order valence-corrected chi connectivity index (χ4v) is 6.38. The van der Waals surface area contributed by atoms with Crippen molar-refractivity contribution in [3.8, 4) is 0 Å². The van der Waals surface area contributed by atoms with Crippen LogP contribution in [0.5, 0.6) is 0 Å². The number of sulfonamides is 1. The number of nitrogens with two attached hydrogens (primary N) is 1. The fraction of sp³-hybridized carbons (Fsp3) is 0.864. The van der Waals surface area contributed by atoms with Crippen LogP contribution in [0.2, 0.25) is 0 Å². The second-order valence-corrected chi connectivity index (χ2v) is 11.9. The molecule has 0 saturated heterocycles. The zero-order chi connectivity index (χ0) is 27.8. The third kappa shape index (κ3) is 7.57. The van der Waals surface area contributed by atoms with Gasteiger partial charge in [-0.05, 0) is 38.5 Å². The van der Waals surface area contributed by atoms with Crippen molar-refractivity contribution in [2.24, 2.45) is 22.9 Å². The van der Waals surface area contributed by atoms with Gasteiger partial charge in [-0.3, -0.25) is 4.79 Å². The van der Waals surface area contributed by atoms with E-state index in [1.54, 1.807) is 0 Å². The first-order valence-corrected chi connectivity index (χ1v) is 13.6. The summed E-state index contributed by atoms with van der Waals surface area (Å²) in [6.07, 6.45) is -14.9. The van der Waals surface area contributed by atoms with Crippen LogP contribution in [0.1, 0.15) is 44.9 Å². The topological polar surface area (TPSA) is 108 Å². The number of hydrogen-bond donors (Lipinski definition) is 2. The van der Waals surface area contributed by atoms with Gasteiger partial charge in [-0.1, -0.05) is 12.2 Å². The first kappa shape index (κ1) is 30.1. The molecular weight excluding hydrogens is 537 g/mol. The Hall–Kier alpha value is -1.45. The third-order valence-corrected chi connectivity index (χ3v) is 8.79. The Kier molecular flexibility index (Phi) is 9.23. The Morgan fingerprint density at radius 2 is 1.65 bits per heavy atom. The largest absolute Gasteiger partial charge is 0.392 e. The SMILES string of the molecule is COC1CCC(F)CC1OC1CC(C(F)(F)F)CC(C(F)(F)F)C1C(=O)NC1C=CCC(S(N)(=O)=O)C1. The van der Waals surface area contributed by atoms with Gasteiger partial charge in [-0.15, -0.1) is 0 Å². The van der Waals surface area contributed by atoms with Crippen molar-refractivity contribution in [1.29, 1.82) is 0 Å². The second kappa shape index (κ2) is 11.3. The van der Waals surface area contributed by atoms with Crippen LogP contribution >= 0.6 is 0 Å². The molecule has 0 heterocycles. The van der Waals surface area contributed by atoms with Crippen molar-refractivity contribution in [3.05, 3.63) is 12.2 Å². The molecule has 0 aromatic carbocycles. The van der Waals surface area contributed by atoms with Crippen LogP contribution in [-0.4, -0.2) is 69.6 Å². The van der Waals surface area contributed by atoms with Crippen LogP contribution in [0.4, 0.5) is 30.7 Å². The van der Waals surface area contributed by atoms with E-state index in [1.807, 2.05) is 0 Å². The number of carbonyl (C=O) groups excluding carboxylic acids is 1. The highest BCUT2D eigenvalue weighted by atomic mass is 32.2. The maximum absolute atomic E-state index is 14.1.